The molecule has 10 heteroatoms. The molecule has 0 unspecified atom stereocenters. The highest BCUT2D eigenvalue weighted by molar-refractivity contribution is 5.96. The predicted molar refractivity (Wildman–Crippen MR) is 144 cm³/mol. The molecule has 5 aromatic heterocycles. The zero-order chi connectivity index (χ0) is 26.4. The molecule has 188 valence electrons. The highest BCUT2D eigenvalue weighted by Gasteiger charge is 2.18. The van der Waals surface area contributed by atoms with Crippen LogP contribution in [0.1, 0.15) is 19.4 Å². The Kier molecular flexibility index (Phi) is 5.64. The molecule has 0 atom stereocenters. The largest absolute Gasteiger partial charge is 0.324 e. The van der Waals surface area contributed by atoms with Gasteiger partial charge in [-0.25, -0.2) is 19.3 Å². The number of carbonyl (C=O) groups is 1. The second-order valence-corrected chi connectivity index (χ2v) is 9.46. The molecular formula is C28H23FN8O. The van der Waals surface area contributed by atoms with Crippen LogP contribution in [0.25, 0.3) is 56.0 Å². The van der Waals surface area contributed by atoms with Crippen molar-refractivity contribution in [2.45, 2.75) is 20.8 Å². The highest BCUT2D eigenvalue weighted by Crippen LogP contribution is 2.32. The fourth-order valence-corrected chi connectivity index (χ4v) is 4.34. The van der Waals surface area contributed by atoms with Crippen molar-refractivity contribution in [2.75, 3.05) is 5.32 Å². The minimum absolute atomic E-state index is 0.0825. The molecule has 9 nitrogen and oxygen atoms in total. The van der Waals surface area contributed by atoms with Crippen LogP contribution in [0, 0.1) is 18.7 Å². The van der Waals surface area contributed by atoms with E-state index >= 15 is 0 Å². The number of carbonyl (C=O) groups excluding carboxylic acids is 1. The Bertz CT molecular complexity index is 1820. The third kappa shape index (κ3) is 4.26. The molecule has 6 rings (SSSR count). The SMILES string of the molecule is Cc1cc(F)cc(-c2ccnc3[nH]c(-c4n[nH]c5ncc(-c6cncc(NC(=O)C(C)C)c6)cc45)nc23)c1. The quantitative estimate of drug-likeness (QED) is 0.277. The molecule has 0 saturated carbocycles. The molecule has 0 spiro atoms. The second kappa shape index (κ2) is 9.15. The minimum Gasteiger partial charge on any atom is -0.324 e. The van der Waals surface area contributed by atoms with Gasteiger partial charge in [-0.2, -0.15) is 5.10 Å². The number of nitrogens with zero attached hydrogens (tertiary/aromatic N) is 5. The maximum Gasteiger partial charge on any atom is 0.226 e. The van der Waals surface area contributed by atoms with Gasteiger partial charge in [0.25, 0.3) is 0 Å². The van der Waals surface area contributed by atoms with Crippen molar-refractivity contribution in [3.63, 3.8) is 0 Å². The number of rotatable bonds is 5. The number of halogens is 1. The molecule has 3 N–H and O–H groups in total. The number of anilines is 1. The van der Waals surface area contributed by atoms with Gasteiger partial charge >= 0.3 is 0 Å². The van der Waals surface area contributed by atoms with E-state index in [2.05, 4.69) is 35.5 Å². The maximum atomic E-state index is 14.1. The molecule has 1 amide bonds. The van der Waals surface area contributed by atoms with Gasteiger partial charge in [-0.3, -0.25) is 14.9 Å². The lowest BCUT2D eigenvalue weighted by Crippen LogP contribution is -2.17. The summed E-state index contributed by atoms with van der Waals surface area (Å²) in [5.41, 5.74) is 6.87. The summed E-state index contributed by atoms with van der Waals surface area (Å²) >= 11 is 0. The Morgan fingerprint density at radius 3 is 2.63 bits per heavy atom. The first kappa shape index (κ1) is 23.4. The summed E-state index contributed by atoms with van der Waals surface area (Å²) in [6.07, 6.45) is 6.71. The van der Waals surface area contributed by atoms with Gasteiger partial charge in [0.1, 0.15) is 17.0 Å². The van der Waals surface area contributed by atoms with Crippen LogP contribution in [0.3, 0.4) is 0 Å². The van der Waals surface area contributed by atoms with Crippen molar-refractivity contribution in [2.24, 2.45) is 5.92 Å². The fourth-order valence-electron chi connectivity index (χ4n) is 4.34. The number of benzene rings is 1. The lowest BCUT2D eigenvalue weighted by molar-refractivity contribution is -0.118. The van der Waals surface area contributed by atoms with Crippen LogP contribution in [0.5, 0.6) is 0 Å². The summed E-state index contributed by atoms with van der Waals surface area (Å²) in [6.45, 7) is 5.52. The first-order valence-electron chi connectivity index (χ1n) is 12.1. The smallest absolute Gasteiger partial charge is 0.226 e. The number of fused-ring (bicyclic) bond motifs is 2. The molecule has 0 aliphatic heterocycles. The van der Waals surface area contributed by atoms with Crippen LogP contribution in [-0.4, -0.2) is 41.0 Å². The summed E-state index contributed by atoms with van der Waals surface area (Å²) in [7, 11) is 0. The molecule has 0 aliphatic carbocycles. The number of aromatic nitrogens is 7. The van der Waals surface area contributed by atoms with E-state index < -0.39 is 0 Å². The van der Waals surface area contributed by atoms with E-state index in [4.69, 9.17) is 4.98 Å². The number of nitrogens with one attached hydrogen (secondary N) is 3. The van der Waals surface area contributed by atoms with E-state index in [-0.39, 0.29) is 17.6 Å². The van der Waals surface area contributed by atoms with E-state index in [9.17, 15) is 9.18 Å². The number of H-pyrrole nitrogens is 2. The van der Waals surface area contributed by atoms with Crippen molar-refractivity contribution >= 4 is 33.8 Å². The maximum absolute atomic E-state index is 14.1. The zero-order valence-electron chi connectivity index (χ0n) is 20.9. The van der Waals surface area contributed by atoms with Gasteiger partial charge in [-0.05, 0) is 48.4 Å². The van der Waals surface area contributed by atoms with Crippen LogP contribution < -0.4 is 5.32 Å². The van der Waals surface area contributed by atoms with Crippen molar-refractivity contribution in [1.82, 2.24) is 35.1 Å². The van der Waals surface area contributed by atoms with E-state index in [0.29, 0.717) is 34.0 Å². The Morgan fingerprint density at radius 2 is 1.82 bits per heavy atom. The Labute approximate surface area is 216 Å². The minimum atomic E-state index is -0.306. The number of aromatic amines is 2. The van der Waals surface area contributed by atoms with E-state index in [1.165, 1.54) is 12.1 Å². The third-order valence-electron chi connectivity index (χ3n) is 6.24. The number of pyridine rings is 3. The first-order valence-corrected chi connectivity index (χ1v) is 12.1. The van der Waals surface area contributed by atoms with Gasteiger partial charge < -0.3 is 10.3 Å². The molecule has 5 heterocycles. The number of imidazole rings is 1. The van der Waals surface area contributed by atoms with Crippen molar-refractivity contribution in [1.29, 1.82) is 0 Å². The van der Waals surface area contributed by atoms with Gasteiger partial charge in [0.2, 0.25) is 5.91 Å². The Morgan fingerprint density at radius 1 is 0.974 bits per heavy atom. The molecule has 0 saturated heterocycles. The van der Waals surface area contributed by atoms with E-state index in [1.54, 1.807) is 24.8 Å². The fraction of sp³-hybridized carbons (Fsp3) is 0.143. The summed E-state index contributed by atoms with van der Waals surface area (Å²) in [5.74, 6) is -0.0240. The number of amides is 1. The van der Waals surface area contributed by atoms with Crippen LogP contribution in [0.2, 0.25) is 0 Å². The monoisotopic (exact) mass is 506 g/mol. The summed E-state index contributed by atoms with van der Waals surface area (Å²) < 4.78 is 14.1. The normalized spacial score (nSPS) is 11.5. The predicted octanol–water partition coefficient (Wildman–Crippen LogP) is 5.67. The molecular weight excluding hydrogens is 483 g/mol. The lowest BCUT2D eigenvalue weighted by atomic mass is 10.0. The molecule has 38 heavy (non-hydrogen) atoms. The number of aryl methyl sites for hydroxylation is 1. The third-order valence-corrected chi connectivity index (χ3v) is 6.24. The van der Waals surface area contributed by atoms with Gasteiger partial charge in [0.15, 0.2) is 17.1 Å². The Balaban J connectivity index is 1.42. The van der Waals surface area contributed by atoms with Crippen LogP contribution in [0.15, 0.2) is 61.2 Å². The Hall–Kier alpha value is -4.99. The number of hydrogen-bond acceptors (Lipinski definition) is 6. The van der Waals surface area contributed by atoms with Gasteiger partial charge in [-0.1, -0.05) is 19.9 Å². The van der Waals surface area contributed by atoms with E-state index in [1.807, 2.05) is 45.0 Å². The summed E-state index contributed by atoms with van der Waals surface area (Å²) in [5, 5.41) is 11.0. The molecule has 1 aromatic carbocycles. The molecule has 0 radical (unpaired) electrons. The van der Waals surface area contributed by atoms with E-state index in [0.717, 1.165) is 33.2 Å². The lowest BCUT2D eigenvalue weighted by Gasteiger charge is -2.09. The molecule has 0 aliphatic rings. The van der Waals surface area contributed by atoms with Crippen LogP contribution >= 0.6 is 0 Å². The summed E-state index contributed by atoms with van der Waals surface area (Å²) in [4.78, 5) is 33.4. The average molecular weight is 507 g/mol. The summed E-state index contributed by atoms with van der Waals surface area (Å²) in [6, 6.07) is 10.5. The topological polar surface area (TPSA) is 125 Å². The van der Waals surface area contributed by atoms with Crippen LogP contribution in [-0.2, 0) is 4.79 Å². The van der Waals surface area contributed by atoms with Gasteiger partial charge in [0.05, 0.1) is 17.3 Å². The van der Waals surface area contributed by atoms with Crippen molar-refractivity contribution < 1.29 is 9.18 Å². The zero-order valence-corrected chi connectivity index (χ0v) is 20.9. The molecule has 0 bridgehead atoms. The highest BCUT2D eigenvalue weighted by atomic mass is 19.1. The standard InChI is InChI=1S/C28H23FN8O/c1-14(2)28(38)33-20-9-17(11-30-13-20)18-10-22-24(36-37-25(22)32-12-18)27-34-23-21(4-5-31-26(23)35-27)16-6-15(3)7-19(29)8-16/h4-14H,1-3H3,(H,33,38)(H,31,34,35)(H,32,36,37). The van der Waals surface area contributed by atoms with Crippen molar-refractivity contribution in [3.8, 4) is 33.8 Å². The number of hydrogen-bond donors (Lipinski definition) is 3. The van der Waals surface area contributed by atoms with Gasteiger partial charge in [-0.15, -0.1) is 0 Å². The first-order chi connectivity index (χ1) is 18.4. The molecule has 6 aromatic rings. The van der Waals surface area contributed by atoms with Crippen molar-refractivity contribution in [3.05, 3.63) is 72.6 Å². The average Bonchev–Trinajstić information content (AvgIpc) is 3.51. The second-order valence-electron chi connectivity index (χ2n) is 9.46. The van der Waals surface area contributed by atoms with Crippen LogP contribution in [0.4, 0.5) is 10.1 Å². The van der Waals surface area contributed by atoms with Gasteiger partial charge in [0, 0.05) is 41.2 Å². The molecule has 0 fully saturated rings.